The number of nitrogens with zero attached hydrogens (tertiary/aromatic N) is 4. The van der Waals surface area contributed by atoms with Crippen LogP contribution in [0.4, 0.5) is 5.82 Å². The first kappa shape index (κ1) is 15.0. The topological polar surface area (TPSA) is 45.4 Å². The largest absolute Gasteiger partial charge is 0.363 e. The van der Waals surface area contributed by atoms with Crippen LogP contribution in [0.2, 0.25) is 0 Å². The summed E-state index contributed by atoms with van der Waals surface area (Å²) in [6, 6.07) is 4.19. The van der Waals surface area contributed by atoms with Gasteiger partial charge in [0.15, 0.2) is 0 Å². The van der Waals surface area contributed by atoms with Crippen LogP contribution in [0.5, 0.6) is 0 Å². The normalized spacial score (nSPS) is 14.2. The quantitative estimate of drug-likeness (QED) is 0.849. The van der Waals surface area contributed by atoms with Gasteiger partial charge in [0.2, 0.25) is 0 Å². The van der Waals surface area contributed by atoms with Crippen LogP contribution in [0.15, 0.2) is 22.9 Å². The molecule has 0 radical (unpaired) electrons. The van der Waals surface area contributed by atoms with Crippen molar-refractivity contribution in [1.82, 2.24) is 15.0 Å². The molecule has 22 heavy (non-hydrogen) atoms. The molecule has 2 aromatic rings. The van der Waals surface area contributed by atoms with Crippen molar-refractivity contribution in [3.05, 3.63) is 40.9 Å². The number of hydrogen-bond acceptors (Lipinski definition) is 5. The van der Waals surface area contributed by atoms with Gasteiger partial charge in [-0.3, -0.25) is 4.90 Å². The number of hydrogen-bond donors (Lipinski definition) is 0. The Bertz CT molecular complexity index is 618. The predicted molar refractivity (Wildman–Crippen MR) is 86.9 cm³/mol. The van der Waals surface area contributed by atoms with Crippen LogP contribution in [0.1, 0.15) is 35.4 Å². The second-order valence-corrected chi connectivity index (χ2v) is 6.33. The minimum atomic E-state index is 0.828. The first-order chi connectivity index (χ1) is 10.6. The van der Waals surface area contributed by atoms with Gasteiger partial charge in [-0.15, -0.1) is 0 Å². The van der Waals surface area contributed by atoms with Gasteiger partial charge in [0.1, 0.15) is 17.3 Å². The molecule has 0 aromatic carbocycles. The van der Waals surface area contributed by atoms with Crippen LogP contribution in [-0.4, -0.2) is 36.2 Å². The molecule has 0 bridgehead atoms. The lowest BCUT2D eigenvalue weighted by atomic mass is 9.96. The van der Waals surface area contributed by atoms with Crippen LogP contribution in [0.3, 0.4) is 0 Å². The molecule has 1 aliphatic rings. The third kappa shape index (κ3) is 3.30. The molecular weight excluding hydrogens is 276 g/mol. The Hall–Kier alpha value is -1.88. The first-order valence-electron chi connectivity index (χ1n) is 7.90. The summed E-state index contributed by atoms with van der Waals surface area (Å²) < 4.78 is 5.49. The molecule has 5 heteroatoms. The number of aryl methyl sites for hydroxylation is 1. The lowest BCUT2D eigenvalue weighted by Gasteiger charge is -2.17. The van der Waals surface area contributed by atoms with Crippen molar-refractivity contribution < 1.29 is 4.52 Å². The van der Waals surface area contributed by atoms with Crippen molar-refractivity contribution in [2.24, 2.45) is 0 Å². The molecule has 0 amide bonds. The first-order valence-corrected chi connectivity index (χ1v) is 7.90. The highest BCUT2D eigenvalue weighted by molar-refractivity contribution is 5.37. The Kier molecular flexibility index (Phi) is 4.43. The zero-order chi connectivity index (χ0) is 15.5. The van der Waals surface area contributed by atoms with E-state index in [1.807, 2.05) is 25.2 Å². The zero-order valence-corrected chi connectivity index (χ0v) is 13.7. The fraction of sp³-hybridized carbons (Fsp3) is 0.529. The number of pyridine rings is 1. The monoisotopic (exact) mass is 300 g/mol. The average molecular weight is 300 g/mol. The van der Waals surface area contributed by atoms with Crippen molar-refractivity contribution in [2.75, 3.05) is 26.0 Å². The molecule has 0 aliphatic heterocycles. The summed E-state index contributed by atoms with van der Waals surface area (Å²) in [4.78, 5) is 8.74. The maximum atomic E-state index is 5.49. The van der Waals surface area contributed by atoms with Crippen LogP contribution in [0, 0.1) is 0 Å². The van der Waals surface area contributed by atoms with E-state index in [0.717, 1.165) is 43.2 Å². The maximum Gasteiger partial charge on any atom is 0.140 e. The molecule has 5 nitrogen and oxygen atoms in total. The molecule has 1 aliphatic carbocycles. The minimum Gasteiger partial charge on any atom is -0.363 e. The van der Waals surface area contributed by atoms with E-state index in [2.05, 4.69) is 34.2 Å². The van der Waals surface area contributed by atoms with Crippen LogP contribution in [-0.2, 0) is 25.9 Å². The van der Waals surface area contributed by atoms with E-state index in [9.17, 15) is 0 Å². The molecule has 2 heterocycles. The standard InChI is InChI=1S/C17H24N4O/c1-20(2)17-9-8-13(10-18-17)11-21(3)12-15-14-6-4-5-7-16(14)22-19-15/h8-10H,4-7,11-12H2,1-3H3. The third-order valence-corrected chi connectivity index (χ3v) is 4.17. The molecule has 0 N–H and O–H groups in total. The third-order valence-electron chi connectivity index (χ3n) is 4.17. The molecular formula is C17H24N4O. The summed E-state index contributed by atoms with van der Waals surface area (Å²) in [5.41, 5.74) is 3.67. The molecule has 0 saturated carbocycles. The fourth-order valence-corrected chi connectivity index (χ4v) is 2.97. The predicted octanol–water partition coefficient (Wildman–Crippen LogP) is 2.65. The molecule has 0 fully saturated rings. The Balaban J connectivity index is 1.62. The maximum absolute atomic E-state index is 5.49. The number of anilines is 1. The summed E-state index contributed by atoms with van der Waals surface area (Å²) in [5, 5.41) is 4.28. The van der Waals surface area contributed by atoms with Gasteiger partial charge in [-0.05, 0) is 37.9 Å². The molecule has 0 atom stereocenters. The van der Waals surface area contributed by atoms with E-state index < -0.39 is 0 Å². The van der Waals surface area contributed by atoms with Gasteiger partial charge in [0.05, 0.1) is 0 Å². The van der Waals surface area contributed by atoms with E-state index in [4.69, 9.17) is 4.52 Å². The van der Waals surface area contributed by atoms with Crippen molar-refractivity contribution >= 4 is 5.82 Å². The van der Waals surface area contributed by atoms with Crippen LogP contribution >= 0.6 is 0 Å². The smallest absolute Gasteiger partial charge is 0.140 e. The Morgan fingerprint density at radius 1 is 1.09 bits per heavy atom. The van der Waals surface area contributed by atoms with E-state index in [0.29, 0.717) is 0 Å². The highest BCUT2D eigenvalue weighted by Gasteiger charge is 2.20. The number of aromatic nitrogens is 2. The summed E-state index contributed by atoms with van der Waals surface area (Å²) in [6.45, 7) is 1.69. The average Bonchev–Trinajstić information content (AvgIpc) is 2.91. The van der Waals surface area contributed by atoms with Gasteiger partial charge in [-0.1, -0.05) is 11.2 Å². The van der Waals surface area contributed by atoms with Gasteiger partial charge in [0.25, 0.3) is 0 Å². The van der Waals surface area contributed by atoms with Gasteiger partial charge < -0.3 is 9.42 Å². The molecule has 118 valence electrons. The highest BCUT2D eigenvalue weighted by atomic mass is 16.5. The summed E-state index contributed by atoms with van der Waals surface area (Å²) in [5.74, 6) is 2.09. The van der Waals surface area contributed by atoms with E-state index in [1.54, 1.807) is 0 Å². The van der Waals surface area contributed by atoms with Crippen molar-refractivity contribution in [2.45, 2.75) is 38.8 Å². The zero-order valence-electron chi connectivity index (χ0n) is 13.7. The van der Waals surface area contributed by atoms with Crippen molar-refractivity contribution in [3.8, 4) is 0 Å². The summed E-state index contributed by atoms with van der Waals surface area (Å²) >= 11 is 0. The van der Waals surface area contributed by atoms with Gasteiger partial charge in [0, 0.05) is 45.4 Å². The molecule has 0 spiro atoms. The number of rotatable bonds is 5. The molecule has 3 rings (SSSR count). The SMILES string of the molecule is CN(Cc1ccc(N(C)C)nc1)Cc1noc2c1CCCC2. The second kappa shape index (κ2) is 6.48. The second-order valence-electron chi connectivity index (χ2n) is 6.33. The molecule has 2 aromatic heterocycles. The fourth-order valence-electron chi connectivity index (χ4n) is 2.97. The van der Waals surface area contributed by atoms with E-state index >= 15 is 0 Å². The molecule has 0 unspecified atom stereocenters. The Morgan fingerprint density at radius 3 is 2.64 bits per heavy atom. The summed E-state index contributed by atoms with van der Waals surface area (Å²) in [6.07, 6.45) is 6.58. The lowest BCUT2D eigenvalue weighted by Crippen LogP contribution is -2.19. The van der Waals surface area contributed by atoms with Crippen LogP contribution in [0.25, 0.3) is 0 Å². The lowest BCUT2D eigenvalue weighted by molar-refractivity contribution is 0.300. The van der Waals surface area contributed by atoms with Crippen molar-refractivity contribution in [1.29, 1.82) is 0 Å². The Morgan fingerprint density at radius 2 is 1.91 bits per heavy atom. The Labute approximate surface area is 131 Å². The van der Waals surface area contributed by atoms with E-state index in [1.165, 1.54) is 24.0 Å². The number of fused-ring (bicyclic) bond motifs is 1. The summed E-state index contributed by atoms with van der Waals surface area (Å²) in [7, 11) is 6.12. The van der Waals surface area contributed by atoms with Crippen LogP contribution < -0.4 is 4.90 Å². The van der Waals surface area contributed by atoms with Gasteiger partial charge >= 0.3 is 0 Å². The van der Waals surface area contributed by atoms with E-state index in [-0.39, 0.29) is 0 Å². The van der Waals surface area contributed by atoms with Gasteiger partial charge in [-0.2, -0.15) is 0 Å². The van der Waals surface area contributed by atoms with Gasteiger partial charge in [-0.25, -0.2) is 4.98 Å². The minimum absolute atomic E-state index is 0.828. The van der Waals surface area contributed by atoms with Crippen molar-refractivity contribution in [3.63, 3.8) is 0 Å². The molecule has 0 saturated heterocycles. The highest BCUT2D eigenvalue weighted by Crippen LogP contribution is 2.25.